The van der Waals surface area contributed by atoms with Crippen molar-refractivity contribution in [3.05, 3.63) is 70.9 Å². The van der Waals surface area contributed by atoms with E-state index < -0.39 is 5.97 Å². The van der Waals surface area contributed by atoms with Gasteiger partial charge < -0.3 is 4.74 Å². The Morgan fingerprint density at radius 1 is 1.04 bits per heavy atom. The number of aromatic nitrogens is 1. The number of para-hydroxylation sites is 1. The molecule has 3 aromatic rings. The highest BCUT2D eigenvalue weighted by Crippen LogP contribution is 2.29. The van der Waals surface area contributed by atoms with E-state index in [0.29, 0.717) is 10.8 Å². The fourth-order valence-corrected chi connectivity index (χ4v) is 2.47. The van der Waals surface area contributed by atoms with Crippen molar-refractivity contribution in [2.75, 3.05) is 0 Å². The molecule has 1 aromatic heterocycles. The van der Waals surface area contributed by atoms with Gasteiger partial charge in [-0.2, -0.15) is 0 Å². The maximum atomic E-state index is 11.1. The first kappa shape index (κ1) is 15.3. The molecule has 0 saturated carbocycles. The number of hydrogen-bond acceptors (Lipinski definition) is 3. The number of fused-ring (bicyclic) bond motifs is 1. The summed E-state index contributed by atoms with van der Waals surface area (Å²) in [7, 11) is 0. The fourth-order valence-electron chi connectivity index (χ4n) is 2.24. The number of rotatable bonds is 3. The molecule has 0 atom stereocenters. The molecule has 0 radical (unpaired) electrons. The van der Waals surface area contributed by atoms with Crippen molar-refractivity contribution in [2.45, 2.75) is 6.92 Å². The van der Waals surface area contributed by atoms with Gasteiger partial charge in [-0.25, -0.2) is 4.98 Å². The van der Waals surface area contributed by atoms with Crippen molar-refractivity contribution in [1.29, 1.82) is 0 Å². The summed E-state index contributed by atoms with van der Waals surface area (Å²) in [5, 5.41) is 1.50. The molecule has 114 valence electrons. The molecule has 0 amide bonds. The predicted molar refractivity (Wildman–Crippen MR) is 93.4 cm³/mol. The maximum absolute atomic E-state index is 11.1. The largest absolute Gasteiger partial charge is 0.425 e. The van der Waals surface area contributed by atoms with Crippen molar-refractivity contribution < 1.29 is 9.53 Å². The lowest BCUT2D eigenvalue weighted by molar-refractivity contribution is -0.131. The van der Waals surface area contributed by atoms with E-state index in [0.717, 1.165) is 22.2 Å². The summed E-state index contributed by atoms with van der Waals surface area (Å²) < 4.78 is 5.07. The molecule has 0 aliphatic rings. The zero-order chi connectivity index (χ0) is 16.2. The number of esters is 1. The lowest BCUT2D eigenvalue weighted by Crippen LogP contribution is -2.02. The number of hydrogen-bond donors (Lipinski definition) is 0. The van der Waals surface area contributed by atoms with Crippen molar-refractivity contribution in [2.24, 2.45) is 0 Å². The van der Waals surface area contributed by atoms with Gasteiger partial charge in [0.2, 0.25) is 0 Å². The number of nitrogens with zero attached hydrogens (tertiary/aromatic N) is 1. The molecule has 1 heterocycles. The average molecular weight is 324 g/mol. The Kier molecular flexibility index (Phi) is 4.40. The monoisotopic (exact) mass is 323 g/mol. The van der Waals surface area contributed by atoms with Crippen LogP contribution in [0.4, 0.5) is 0 Å². The molecule has 4 heteroatoms. The fraction of sp³-hybridized carbons (Fsp3) is 0.0526. The molecule has 2 aromatic carbocycles. The molecule has 0 aliphatic heterocycles. The zero-order valence-corrected chi connectivity index (χ0v) is 13.2. The summed E-state index contributed by atoms with van der Waals surface area (Å²) in [5.41, 5.74) is 2.53. The van der Waals surface area contributed by atoms with Gasteiger partial charge >= 0.3 is 5.97 Å². The summed E-state index contributed by atoms with van der Waals surface area (Å²) in [6, 6.07) is 17.2. The smallest absolute Gasteiger partial charge is 0.308 e. The molecule has 0 bridgehead atoms. The Hall–Kier alpha value is -2.65. The Labute approximate surface area is 139 Å². The minimum atomic E-state index is -0.399. The van der Waals surface area contributed by atoms with E-state index in [9.17, 15) is 4.79 Å². The molecular formula is C19H14ClNO2. The molecule has 0 spiro atoms. The summed E-state index contributed by atoms with van der Waals surface area (Å²) in [4.78, 5) is 15.6. The molecule has 0 saturated heterocycles. The van der Waals surface area contributed by atoms with Crippen LogP contribution in [0.1, 0.15) is 18.2 Å². The van der Waals surface area contributed by atoms with Gasteiger partial charge in [-0.15, -0.1) is 0 Å². The summed E-state index contributed by atoms with van der Waals surface area (Å²) in [6.07, 6.45) is 3.73. The van der Waals surface area contributed by atoms with Crippen LogP contribution < -0.4 is 4.74 Å². The van der Waals surface area contributed by atoms with E-state index in [1.165, 1.54) is 6.92 Å². The van der Waals surface area contributed by atoms with Crippen molar-refractivity contribution in [3.63, 3.8) is 0 Å². The van der Waals surface area contributed by atoms with E-state index in [4.69, 9.17) is 16.3 Å². The lowest BCUT2D eigenvalue weighted by atomic mass is 10.1. The normalized spacial score (nSPS) is 11.0. The van der Waals surface area contributed by atoms with Gasteiger partial charge in [-0.1, -0.05) is 54.1 Å². The first-order valence-electron chi connectivity index (χ1n) is 7.14. The number of halogens is 1. The van der Waals surface area contributed by atoms with Gasteiger partial charge in [-0.05, 0) is 29.8 Å². The molecule has 23 heavy (non-hydrogen) atoms. The van der Waals surface area contributed by atoms with Crippen molar-refractivity contribution >= 4 is 40.6 Å². The highest BCUT2D eigenvalue weighted by Gasteiger charge is 2.07. The average Bonchev–Trinajstić information content (AvgIpc) is 2.55. The minimum Gasteiger partial charge on any atom is -0.425 e. The second-order valence-electron chi connectivity index (χ2n) is 5.02. The number of benzene rings is 2. The van der Waals surface area contributed by atoms with Gasteiger partial charge in [0.15, 0.2) is 0 Å². The standard InChI is InChI=1S/C19H14ClNO2/c1-13(22)23-18-8-4-6-15(19(18)20)10-12-16-11-9-14-5-2-3-7-17(14)21-16/h2-12H,1H3/b12-10+. The molecular weight excluding hydrogens is 310 g/mol. The third kappa shape index (κ3) is 3.58. The van der Waals surface area contributed by atoms with Crippen LogP contribution in [-0.4, -0.2) is 11.0 Å². The van der Waals surface area contributed by atoms with Crippen molar-refractivity contribution in [3.8, 4) is 5.75 Å². The first-order chi connectivity index (χ1) is 11.1. The van der Waals surface area contributed by atoms with Crippen LogP contribution in [0.5, 0.6) is 5.75 Å². The van der Waals surface area contributed by atoms with Gasteiger partial charge in [0.1, 0.15) is 5.75 Å². The summed E-state index contributed by atoms with van der Waals surface area (Å²) >= 11 is 6.27. The lowest BCUT2D eigenvalue weighted by Gasteiger charge is -2.06. The van der Waals surface area contributed by atoms with Crippen LogP contribution in [0.25, 0.3) is 23.1 Å². The number of carbonyl (C=O) groups excluding carboxylic acids is 1. The van der Waals surface area contributed by atoms with E-state index >= 15 is 0 Å². The number of carbonyl (C=O) groups is 1. The second kappa shape index (κ2) is 6.63. The summed E-state index contributed by atoms with van der Waals surface area (Å²) in [5.74, 6) is -0.0444. The quantitative estimate of drug-likeness (QED) is 0.504. The van der Waals surface area contributed by atoms with Crippen LogP contribution in [0.3, 0.4) is 0 Å². The summed E-state index contributed by atoms with van der Waals surface area (Å²) in [6.45, 7) is 1.35. The Bertz CT molecular complexity index is 903. The molecule has 0 aliphatic carbocycles. The zero-order valence-electron chi connectivity index (χ0n) is 12.5. The maximum Gasteiger partial charge on any atom is 0.308 e. The predicted octanol–water partition coefficient (Wildman–Crippen LogP) is 4.98. The van der Waals surface area contributed by atoms with Crippen LogP contribution >= 0.6 is 11.6 Å². The Balaban J connectivity index is 1.90. The van der Waals surface area contributed by atoms with Crippen molar-refractivity contribution in [1.82, 2.24) is 4.98 Å². The van der Waals surface area contributed by atoms with Gasteiger partial charge in [-0.3, -0.25) is 4.79 Å². The van der Waals surface area contributed by atoms with Crippen LogP contribution in [0.2, 0.25) is 5.02 Å². The highest BCUT2D eigenvalue weighted by molar-refractivity contribution is 6.33. The van der Waals surface area contributed by atoms with Gasteiger partial charge in [0, 0.05) is 12.3 Å². The Morgan fingerprint density at radius 3 is 2.70 bits per heavy atom. The SMILES string of the molecule is CC(=O)Oc1cccc(/C=C/c2ccc3ccccc3n2)c1Cl. The van der Waals surface area contributed by atoms with E-state index in [-0.39, 0.29) is 0 Å². The number of pyridine rings is 1. The number of ether oxygens (including phenoxy) is 1. The van der Waals surface area contributed by atoms with E-state index in [1.807, 2.05) is 54.6 Å². The minimum absolute atomic E-state index is 0.354. The first-order valence-corrected chi connectivity index (χ1v) is 7.52. The molecule has 0 N–H and O–H groups in total. The molecule has 0 unspecified atom stereocenters. The second-order valence-corrected chi connectivity index (χ2v) is 5.39. The highest BCUT2D eigenvalue weighted by atomic mass is 35.5. The molecule has 0 fully saturated rings. The Morgan fingerprint density at radius 2 is 1.87 bits per heavy atom. The topological polar surface area (TPSA) is 39.2 Å². The van der Waals surface area contributed by atoms with Crippen LogP contribution in [0.15, 0.2) is 54.6 Å². The van der Waals surface area contributed by atoms with Crippen LogP contribution in [0, 0.1) is 0 Å². The van der Waals surface area contributed by atoms with E-state index in [1.54, 1.807) is 12.1 Å². The molecule has 3 rings (SSSR count). The molecule has 3 nitrogen and oxygen atoms in total. The van der Waals surface area contributed by atoms with Gasteiger partial charge in [0.05, 0.1) is 16.2 Å². The third-order valence-electron chi connectivity index (χ3n) is 3.30. The third-order valence-corrected chi connectivity index (χ3v) is 3.70. The van der Waals surface area contributed by atoms with E-state index in [2.05, 4.69) is 4.98 Å². The van der Waals surface area contributed by atoms with Gasteiger partial charge in [0.25, 0.3) is 0 Å². The van der Waals surface area contributed by atoms with Crippen LogP contribution in [-0.2, 0) is 4.79 Å².